The quantitative estimate of drug-likeness (QED) is 0.613. The predicted molar refractivity (Wildman–Crippen MR) is 95.5 cm³/mol. The van der Waals surface area contributed by atoms with Gasteiger partial charge >= 0.3 is 0 Å². The molecule has 0 aliphatic heterocycles. The molecule has 0 spiro atoms. The average Bonchev–Trinajstić information content (AvgIpc) is 2.76. The number of ether oxygens (including phenoxy) is 1. The molecule has 0 amide bonds. The number of aromatic nitrogens is 1. The van der Waals surface area contributed by atoms with Crippen LogP contribution in [0.25, 0.3) is 21.9 Å². The van der Waals surface area contributed by atoms with Crippen LogP contribution in [-0.4, -0.2) is 11.6 Å². The van der Waals surface area contributed by atoms with Crippen molar-refractivity contribution in [3.8, 4) is 17.0 Å². The van der Waals surface area contributed by atoms with Crippen molar-refractivity contribution in [3.05, 3.63) is 58.7 Å². The lowest BCUT2D eigenvalue weighted by molar-refractivity contribution is 0.329. The SMILES string of the molecule is CCOc1nc2c(c3ccc(Cl)cc13)-c1ccccc1C2(C)C. The molecular formula is C20H18ClNO. The van der Waals surface area contributed by atoms with Gasteiger partial charge < -0.3 is 4.74 Å². The van der Waals surface area contributed by atoms with Crippen molar-refractivity contribution in [2.24, 2.45) is 0 Å². The van der Waals surface area contributed by atoms with Crippen LogP contribution < -0.4 is 4.74 Å². The van der Waals surface area contributed by atoms with E-state index in [1.807, 2.05) is 19.1 Å². The van der Waals surface area contributed by atoms with Crippen LogP contribution in [0.5, 0.6) is 5.88 Å². The minimum absolute atomic E-state index is 0.133. The van der Waals surface area contributed by atoms with Crippen LogP contribution in [0.15, 0.2) is 42.5 Å². The summed E-state index contributed by atoms with van der Waals surface area (Å²) < 4.78 is 5.82. The maximum absolute atomic E-state index is 6.21. The number of nitrogens with zero attached hydrogens (tertiary/aromatic N) is 1. The van der Waals surface area contributed by atoms with Crippen molar-refractivity contribution in [1.29, 1.82) is 0 Å². The van der Waals surface area contributed by atoms with Crippen LogP contribution in [0.2, 0.25) is 5.02 Å². The number of rotatable bonds is 2. The molecule has 2 aromatic carbocycles. The van der Waals surface area contributed by atoms with E-state index in [9.17, 15) is 0 Å². The molecule has 1 aliphatic rings. The first-order chi connectivity index (χ1) is 11.0. The van der Waals surface area contributed by atoms with Gasteiger partial charge in [-0.2, -0.15) is 0 Å². The summed E-state index contributed by atoms with van der Waals surface area (Å²) in [6.07, 6.45) is 0. The maximum atomic E-state index is 6.21. The Kier molecular flexibility index (Phi) is 3.14. The van der Waals surface area contributed by atoms with E-state index in [0.717, 1.165) is 16.5 Å². The van der Waals surface area contributed by atoms with Gasteiger partial charge in [-0.1, -0.05) is 55.8 Å². The van der Waals surface area contributed by atoms with Crippen molar-refractivity contribution in [2.75, 3.05) is 6.61 Å². The minimum atomic E-state index is -0.133. The summed E-state index contributed by atoms with van der Waals surface area (Å²) in [6.45, 7) is 7.01. The topological polar surface area (TPSA) is 22.1 Å². The van der Waals surface area contributed by atoms with E-state index in [-0.39, 0.29) is 5.41 Å². The Balaban J connectivity index is 2.16. The molecule has 116 valence electrons. The molecule has 1 heterocycles. The van der Waals surface area contributed by atoms with Gasteiger partial charge in [-0.25, -0.2) is 4.98 Å². The summed E-state index contributed by atoms with van der Waals surface area (Å²) >= 11 is 6.21. The fraction of sp³-hybridized carbons (Fsp3) is 0.250. The van der Waals surface area contributed by atoms with Crippen molar-refractivity contribution >= 4 is 22.4 Å². The zero-order valence-corrected chi connectivity index (χ0v) is 14.2. The van der Waals surface area contributed by atoms with Gasteiger partial charge in [0.2, 0.25) is 5.88 Å². The Hall–Kier alpha value is -2.06. The van der Waals surface area contributed by atoms with E-state index < -0.39 is 0 Å². The molecule has 0 N–H and O–H groups in total. The molecule has 0 radical (unpaired) electrons. The lowest BCUT2D eigenvalue weighted by Gasteiger charge is -2.21. The fourth-order valence-electron chi connectivity index (χ4n) is 3.60. The fourth-order valence-corrected chi connectivity index (χ4v) is 3.77. The smallest absolute Gasteiger partial charge is 0.221 e. The Bertz CT molecular complexity index is 930. The van der Waals surface area contributed by atoms with Gasteiger partial charge in [0.25, 0.3) is 0 Å². The van der Waals surface area contributed by atoms with Crippen LogP contribution in [-0.2, 0) is 5.41 Å². The molecule has 0 saturated carbocycles. The minimum Gasteiger partial charge on any atom is -0.478 e. The normalized spacial score (nSPS) is 14.6. The van der Waals surface area contributed by atoms with Crippen LogP contribution >= 0.6 is 11.6 Å². The third-order valence-electron chi connectivity index (χ3n) is 4.67. The average molecular weight is 324 g/mol. The molecule has 0 bridgehead atoms. The molecule has 0 unspecified atom stereocenters. The van der Waals surface area contributed by atoms with Crippen LogP contribution in [0.1, 0.15) is 32.0 Å². The maximum Gasteiger partial charge on any atom is 0.221 e. The standard InChI is InChI=1S/C20H18ClNO/c1-4-23-19-15-11-12(21)9-10-13(15)17-14-7-5-6-8-16(14)20(2,3)18(17)22-19/h5-11H,4H2,1-3H3. The first kappa shape index (κ1) is 14.5. The van der Waals surface area contributed by atoms with E-state index in [0.29, 0.717) is 17.5 Å². The number of pyridine rings is 1. The number of halogens is 1. The molecule has 2 nitrogen and oxygen atoms in total. The third-order valence-corrected chi connectivity index (χ3v) is 4.91. The Morgan fingerprint density at radius 2 is 1.87 bits per heavy atom. The van der Waals surface area contributed by atoms with Crippen molar-refractivity contribution in [1.82, 2.24) is 4.98 Å². The lowest BCUT2D eigenvalue weighted by atomic mass is 9.85. The first-order valence-electron chi connectivity index (χ1n) is 7.90. The predicted octanol–water partition coefficient (Wildman–Crippen LogP) is 5.59. The summed E-state index contributed by atoms with van der Waals surface area (Å²) in [5.41, 5.74) is 4.73. The highest BCUT2D eigenvalue weighted by Gasteiger charge is 2.38. The molecule has 23 heavy (non-hydrogen) atoms. The van der Waals surface area contributed by atoms with Crippen LogP contribution in [0.3, 0.4) is 0 Å². The number of benzene rings is 2. The number of hydrogen-bond donors (Lipinski definition) is 0. The molecule has 1 aliphatic carbocycles. The summed E-state index contributed by atoms with van der Waals surface area (Å²) in [6, 6.07) is 14.5. The highest BCUT2D eigenvalue weighted by atomic mass is 35.5. The second-order valence-electron chi connectivity index (χ2n) is 6.43. The van der Waals surface area contributed by atoms with Gasteiger partial charge in [-0.05, 0) is 35.6 Å². The van der Waals surface area contributed by atoms with E-state index in [1.165, 1.54) is 16.7 Å². The van der Waals surface area contributed by atoms with E-state index in [1.54, 1.807) is 0 Å². The van der Waals surface area contributed by atoms with Crippen molar-refractivity contribution < 1.29 is 4.74 Å². The largest absolute Gasteiger partial charge is 0.478 e. The molecular weight excluding hydrogens is 306 g/mol. The molecule has 3 heteroatoms. The van der Waals surface area contributed by atoms with Gasteiger partial charge in [-0.3, -0.25) is 0 Å². The zero-order chi connectivity index (χ0) is 16.2. The second kappa shape index (κ2) is 4.97. The first-order valence-corrected chi connectivity index (χ1v) is 8.28. The molecule has 4 rings (SSSR count). The van der Waals surface area contributed by atoms with Gasteiger partial charge in [0.05, 0.1) is 12.3 Å². The Labute approximate surface area is 141 Å². The highest BCUT2D eigenvalue weighted by molar-refractivity contribution is 6.31. The van der Waals surface area contributed by atoms with Crippen LogP contribution in [0, 0.1) is 0 Å². The van der Waals surface area contributed by atoms with Gasteiger partial charge in [0, 0.05) is 21.4 Å². The Morgan fingerprint density at radius 3 is 2.65 bits per heavy atom. The summed E-state index contributed by atoms with van der Waals surface area (Å²) in [7, 11) is 0. The van der Waals surface area contributed by atoms with Gasteiger partial charge in [0.1, 0.15) is 0 Å². The molecule has 0 fully saturated rings. The third kappa shape index (κ3) is 1.98. The summed E-state index contributed by atoms with van der Waals surface area (Å²) in [5.74, 6) is 0.671. The monoisotopic (exact) mass is 323 g/mol. The second-order valence-corrected chi connectivity index (χ2v) is 6.87. The van der Waals surface area contributed by atoms with E-state index in [4.69, 9.17) is 21.3 Å². The molecule has 0 saturated heterocycles. The molecule has 0 atom stereocenters. The van der Waals surface area contributed by atoms with Gasteiger partial charge in [-0.15, -0.1) is 0 Å². The van der Waals surface area contributed by atoms with Crippen molar-refractivity contribution in [3.63, 3.8) is 0 Å². The van der Waals surface area contributed by atoms with Crippen LogP contribution in [0.4, 0.5) is 0 Å². The molecule has 3 aromatic rings. The van der Waals surface area contributed by atoms with E-state index in [2.05, 4.69) is 44.2 Å². The number of fused-ring (bicyclic) bond motifs is 5. The number of hydrogen-bond acceptors (Lipinski definition) is 2. The highest BCUT2D eigenvalue weighted by Crippen LogP contribution is 2.51. The Morgan fingerprint density at radius 1 is 1.09 bits per heavy atom. The van der Waals surface area contributed by atoms with Gasteiger partial charge in [0.15, 0.2) is 0 Å². The molecule has 1 aromatic heterocycles. The summed E-state index contributed by atoms with van der Waals surface area (Å²) in [5, 5.41) is 2.83. The zero-order valence-electron chi connectivity index (χ0n) is 13.5. The van der Waals surface area contributed by atoms with Crippen molar-refractivity contribution in [2.45, 2.75) is 26.2 Å². The summed E-state index contributed by atoms with van der Waals surface area (Å²) in [4.78, 5) is 4.90. The lowest BCUT2D eigenvalue weighted by Crippen LogP contribution is -2.17. The van der Waals surface area contributed by atoms with E-state index >= 15 is 0 Å².